The van der Waals surface area contributed by atoms with Crippen LogP contribution >= 0.6 is 0 Å². The summed E-state index contributed by atoms with van der Waals surface area (Å²) in [5.41, 5.74) is 6.20. The van der Waals surface area contributed by atoms with Gasteiger partial charge in [0.1, 0.15) is 5.52 Å². The molecule has 0 saturated heterocycles. The van der Waals surface area contributed by atoms with Gasteiger partial charge in [0.15, 0.2) is 23.0 Å². The molecule has 0 atom stereocenters. The van der Waals surface area contributed by atoms with Crippen molar-refractivity contribution in [1.29, 1.82) is 0 Å². The topological polar surface area (TPSA) is 73.6 Å². The maximum Gasteiger partial charge on any atom is 0.255 e. The number of aromatic nitrogens is 1. The third-order valence-corrected chi connectivity index (χ3v) is 5.08. The highest BCUT2D eigenvalue weighted by molar-refractivity contribution is 6.04. The first kappa shape index (κ1) is 20.5. The molecule has 6 nitrogen and oxygen atoms in total. The zero-order chi connectivity index (χ0) is 22.0. The average molecular weight is 416 g/mol. The van der Waals surface area contributed by atoms with Crippen LogP contribution in [0.4, 0.5) is 5.69 Å². The van der Waals surface area contributed by atoms with Gasteiger partial charge in [0.2, 0.25) is 0 Å². The van der Waals surface area contributed by atoms with E-state index in [0.717, 1.165) is 22.2 Å². The number of fused-ring (bicyclic) bond motifs is 1. The minimum Gasteiger partial charge on any atom is -0.493 e. The Hall–Kier alpha value is -3.80. The molecule has 0 radical (unpaired) electrons. The molecule has 1 N–H and O–H groups in total. The smallest absolute Gasteiger partial charge is 0.255 e. The number of aryl methyl sites for hydroxylation is 2. The van der Waals surface area contributed by atoms with Crippen LogP contribution in [0.25, 0.3) is 11.1 Å². The van der Waals surface area contributed by atoms with E-state index in [0.29, 0.717) is 35.1 Å². The standard InChI is InChI=1S/C25H24N2O4/c1-15-11-16(2)24-20(12-15)27-23(31-24)13-17-5-8-19(9-6-17)26-25(28)18-7-10-21(29-3)22(14-18)30-4/h5-12,14H,13H2,1-4H3,(H,26,28). The number of anilines is 1. The maximum absolute atomic E-state index is 12.6. The monoisotopic (exact) mass is 416 g/mol. The lowest BCUT2D eigenvalue weighted by molar-refractivity contribution is 0.102. The molecule has 4 aromatic rings. The van der Waals surface area contributed by atoms with E-state index < -0.39 is 0 Å². The molecule has 0 bridgehead atoms. The summed E-state index contributed by atoms with van der Waals surface area (Å²) in [4.78, 5) is 17.2. The second-order valence-electron chi connectivity index (χ2n) is 7.44. The number of nitrogens with one attached hydrogen (secondary N) is 1. The van der Waals surface area contributed by atoms with Crippen molar-refractivity contribution in [3.63, 3.8) is 0 Å². The van der Waals surface area contributed by atoms with Gasteiger partial charge >= 0.3 is 0 Å². The summed E-state index contributed by atoms with van der Waals surface area (Å²) in [7, 11) is 3.10. The lowest BCUT2D eigenvalue weighted by Crippen LogP contribution is -2.12. The van der Waals surface area contributed by atoms with Gasteiger partial charge in [-0.1, -0.05) is 18.2 Å². The Morgan fingerprint density at radius 2 is 1.71 bits per heavy atom. The Morgan fingerprint density at radius 1 is 0.968 bits per heavy atom. The van der Waals surface area contributed by atoms with Crippen molar-refractivity contribution in [3.05, 3.63) is 82.7 Å². The molecule has 0 unspecified atom stereocenters. The number of hydrogen-bond acceptors (Lipinski definition) is 5. The van der Waals surface area contributed by atoms with Gasteiger partial charge in [0, 0.05) is 17.7 Å². The Kier molecular flexibility index (Phi) is 5.62. The van der Waals surface area contributed by atoms with Crippen LogP contribution in [0.3, 0.4) is 0 Å². The summed E-state index contributed by atoms with van der Waals surface area (Å²) in [5.74, 6) is 1.53. The van der Waals surface area contributed by atoms with Gasteiger partial charge in [0.05, 0.1) is 14.2 Å². The predicted molar refractivity (Wildman–Crippen MR) is 120 cm³/mol. The fraction of sp³-hybridized carbons (Fsp3) is 0.200. The highest BCUT2D eigenvalue weighted by Crippen LogP contribution is 2.28. The normalized spacial score (nSPS) is 10.8. The Bertz CT molecular complexity index is 1240. The number of amides is 1. The Labute approximate surface area is 180 Å². The molecule has 31 heavy (non-hydrogen) atoms. The van der Waals surface area contributed by atoms with E-state index in [-0.39, 0.29) is 5.91 Å². The average Bonchev–Trinajstić information content (AvgIpc) is 3.17. The minimum absolute atomic E-state index is 0.224. The molecule has 1 aromatic heterocycles. The number of benzene rings is 3. The molecule has 3 aromatic carbocycles. The zero-order valence-corrected chi connectivity index (χ0v) is 18.0. The van der Waals surface area contributed by atoms with Crippen LogP contribution < -0.4 is 14.8 Å². The third-order valence-electron chi connectivity index (χ3n) is 5.08. The van der Waals surface area contributed by atoms with Gasteiger partial charge in [-0.25, -0.2) is 4.98 Å². The first-order valence-electron chi connectivity index (χ1n) is 9.96. The molecule has 1 heterocycles. The van der Waals surface area contributed by atoms with E-state index in [1.807, 2.05) is 37.3 Å². The van der Waals surface area contributed by atoms with Crippen molar-refractivity contribution in [3.8, 4) is 11.5 Å². The molecule has 0 saturated carbocycles. The summed E-state index contributed by atoms with van der Waals surface area (Å²) < 4.78 is 16.4. The summed E-state index contributed by atoms with van der Waals surface area (Å²) in [6.07, 6.45) is 0.580. The summed E-state index contributed by atoms with van der Waals surface area (Å²) in [6.45, 7) is 4.08. The van der Waals surface area contributed by atoms with E-state index in [9.17, 15) is 4.79 Å². The lowest BCUT2D eigenvalue weighted by Gasteiger charge is -2.10. The number of hydrogen-bond donors (Lipinski definition) is 1. The fourth-order valence-electron chi connectivity index (χ4n) is 3.56. The summed E-state index contributed by atoms with van der Waals surface area (Å²) in [5, 5.41) is 2.90. The van der Waals surface area contributed by atoms with Crippen LogP contribution in [0.15, 0.2) is 59.0 Å². The zero-order valence-electron chi connectivity index (χ0n) is 18.0. The van der Waals surface area contributed by atoms with Crippen LogP contribution in [0.5, 0.6) is 11.5 Å². The molecule has 0 aliphatic carbocycles. The molecule has 1 amide bonds. The van der Waals surface area contributed by atoms with Crippen molar-refractivity contribution in [2.45, 2.75) is 20.3 Å². The second-order valence-corrected chi connectivity index (χ2v) is 7.44. The van der Waals surface area contributed by atoms with E-state index in [1.54, 1.807) is 25.3 Å². The minimum atomic E-state index is -0.224. The van der Waals surface area contributed by atoms with Gasteiger partial charge in [0.25, 0.3) is 5.91 Å². The number of nitrogens with zero attached hydrogens (tertiary/aromatic N) is 1. The van der Waals surface area contributed by atoms with Crippen molar-refractivity contribution in [1.82, 2.24) is 4.98 Å². The summed E-state index contributed by atoms with van der Waals surface area (Å²) >= 11 is 0. The largest absolute Gasteiger partial charge is 0.493 e. The van der Waals surface area contributed by atoms with Crippen LogP contribution in [0.1, 0.15) is 32.9 Å². The van der Waals surface area contributed by atoms with Gasteiger partial charge in [-0.05, 0) is 66.9 Å². The molecule has 0 spiro atoms. The molecular weight excluding hydrogens is 392 g/mol. The molecule has 0 fully saturated rings. The molecule has 6 heteroatoms. The Balaban J connectivity index is 1.46. The predicted octanol–water partition coefficient (Wildman–Crippen LogP) is 5.30. The van der Waals surface area contributed by atoms with Crippen molar-refractivity contribution in [2.24, 2.45) is 0 Å². The van der Waals surface area contributed by atoms with Crippen molar-refractivity contribution in [2.75, 3.05) is 19.5 Å². The number of methoxy groups -OCH3 is 2. The van der Waals surface area contributed by atoms with E-state index >= 15 is 0 Å². The van der Waals surface area contributed by atoms with Crippen LogP contribution in [0, 0.1) is 13.8 Å². The first-order valence-corrected chi connectivity index (χ1v) is 9.96. The van der Waals surface area contributed by atoms with E-state index in [2.05, 4.69) is 23.3 Å². The quantitative estimate of drug-likeness (QED) is 0.461. The first-order chi connectivity index (χ1) is 15.0. The number of carbonyl (C=O) groups excluding carboxylic acids is 1. The van der Waals surface area contributed by atoms with Crippen LogP contribution in [-0.2, 0) is 6.42 Å². The SMILES string of the molecule is COc1ccc(C(=O)Nc2ccc(Cc3nc4cc(C)cc(C)c4o3)cc2)cc1OC. The highest BCUT2D eigenvalue weighted by atomic mass is 16.5. The lowest BCUT2D eigenvalue weighted by atomic mass is 10.1. The van der Waals surface area contributed by atoms with Crippen molar-refractivity contribution < 1.29 is 18.7 Å². The van der Waals surface area contributed by atoms with Gasteiger partial charge in [-0.3, -0.25) is 4.79 Å². The molecule has 0 aliphatic heterocycles. The highest BCUT2D eigenvalue weighted by Gasteiger charge is 2.12. The maximum atomic E-state index is 12.6. The molecular formula is C25H24N2O4. The van der Waals surface area contributed by atoms with E-state index in [4.69, 9.17) is 13.9 Å². The van der Waals surface area contributed by atoms with Crippen LogP contribution in [0.2, 0.25) is 0 Å². The van der Waals surface area contributed by atoms with E-state index in [1.165, 1.54) is 12.7 Å². The number of carbonyl (C=O) groups is 1. The molecule has 0 aliphatic rings. The van der Waals surface area contributed by atoms with Crippen LogP contribution in [-0.4, -0.2) is 25.1 Å². The third kappa shape index (κ3) is 4.38. The number of oxazole rings is 1. The van der Waals surface area contributed by atoms with Gasteiger partial charge in [-0.2, -0.15) is 0 Å². The van der Waals surface area contributed by atoms with Crippen molar-refractivity contribution >= 4 is 22.7 Å². The molecule has 158 valence electrons. The van der Waals surface area contributed by atoms with Gasteiger partial charge in [-0.15, -0.1) is 0 Å². The second kappa shape index (κ2) is 8.52. The Morgan fingerprint density at radius 3 is 2.42 bits per heavy atom. The number of ether oxygens (including phenoxy) is 2. The fourth-order valence-corrected chi connectivity index (χ4v) is 3.56. The summed E-state index contributed by atoms with van der Waals surface area (Å²) in [6, 6.07) is 16.8. The van der Waals surface area contributed by atoms with Gasteiger partial charge < -0.3 is 19.2 Å². The molecule has 4 rings (SSSR count). The number of rotatable bonds is 6.